The van der Waals surface area contributed by atoms with Gasteiger partial charge in [-0.3, -0.25) is 4.55 Å². The van der Waals surface area contributed by atoms with Crippen LogP contribution in [0.5, 0.6) is 0 Å². The van der Waals surface area contributed by atoms with Gasteiger partial charge in [-0.2, -0.15) is 8.42 Å². The van der Waals surface area contributed by atoms with Crippen molar-refractivity contribution in [3.8, 4) is 0 Å². The molecule has 4 nitrogen and oxygen atoms in total. The molecule has 3 unspecified atom stereocenters. The second-order valence-corrected chi connectivity index (χ2v) is 6.37. The summed E-state index contributed by atoms with van der Waals surface area (Å²) >= 11 is 17.1. The molecule has 0 radical (unpaired) electrons. The van der Waals surface area contributed by atoms with Gasteiger partial charge in [0.15, 0.2) is 0 Å². The summed E-state index contributed by atoms with van der Waals surface area (Å²) in [6, 6.07) is 0. The first-order valence-corrected chi connectivity index (χ1v) is 7.05. The lowest BCUT2D eigenvalue weighted by molar-refractivity contribution is 0.315. The predicted octanol–water partition coefficient (Wildman–Crippen LogP) is 2.65. The van der Waals surface area contributed by atoms with Crippen LogP contribution in [0, 0.1) is 0 Å². The van der Waals surface area contributed by atoms with Crippen molar-refractivity contribution in [1.82, 2.24) is 4.31 Å². The van der Waals surface area contributed by atoms with Gasteiger partial charge in [0.05, 0.1) is 5.50 Å². The molecule has 0 rings (SSSR count). The van der Waals surface area contributed by atoms with Gasteiger partial charge in [0.25, 0.3) is 0 Å². The Labute approximate surface area is 105 Å². The largest absolute Gasteiger partial charge is 0.338 e. The summed E-state index contributed by atoms with van der Waals surface area (Å²) in [4.78, 5) is 0. The first-order chi connectivity index (χ1) is 6.66. The van der Waals surface area contributed by atoms with E-state index in [9.17, 15) is 8.42 Å². The SMILES string of the molecule is CC(Cl)CCC(Cl)N(C(C)Cl)S(=O)(=O)O. The summed E-state index contributed by atoms with van der Waals surface area (Å²) in [5, 5.41) is -0.111. The quantitative estimate of drug-likeness (QED) is 0.466. The van der Waals surface area contributed by atoms with Gasteiger partial charge in [-0.05, 0) is 26.7 Å². The van der Waals surface area contributed by atoms with Crippen LogP contribution in [0.4, 0.5) is 0 Å². The molecule has 0 aromatic carbocycles. The maximum absolute atomic E-state index is 10.9. The fourth-order valence-corrected chi connectivity index (χ4v) is 3.03. The van der Waals surface area contributed by atoms with Crippen molar-refractivity contribution in [3.63, 3.8) is 0 Å². The molecule has 0 saturated heterocycles. The van der Waals surface area contributed by atoms with E-state index in [1.165, 1.54) is 6.92 Å². The summed E-state index contributed by atoms with van der Waals surface area (Å²) in [5.41, 5.74) is -1.80. The average molecular weight is 299 g/mol. The van der Waals surface area contributed by atoms with Crippen molar-refractivity contribution >= 4 is 45.1 Å². The highest BCUT2D eigenvalue weighted by atomic mass is 35.5. The molecule has 0 aromatic heterocycles. The molecular formula is C7H14Cl3NO3S. The monoisotopic (exact) mass is 297 g/mol. The van der Waals surface area contributed by atoms with Gasteiger partial charge in [0.1, 0.15) is 5.50 Å². The molecule has 0 saturated carbocycles. The molecule has 0 spiro atoms. The van der Waals surface area contributed by atoms with Crippen molar-refractivity contribution in [2.24, 2.45) is 0 Å². The van der Waals surface area contributed by atoms with E-state index in [-0.39, 0.29) is 5.38 Å². The van der Waals surface area contributed by atoms with Crippen molar-refractivity contribution in [2.45, 2.75) is 43.1 Å². The minimum absolute atomic E-state index is 0.111. The molecule has 0 bridgehead atoms. The Hall–Kier alpha value is 0.740. The Morgan fingerprint density at radius 2 is 1.67 bits per heavy atom. The molecule has 0 fully saturated rings. The molecule has 0 amide bonds. The van der Waals surface area contributed by atoms with Crippen LogP contribution in [-0.2, 0) is 10.3 Å². The Morgan fingerprint density at radius 1 is 1.20 bits per heavy atom. The van der Waals surface area contributed by atoms with E-state index >= 15 is 0 Å². The van der Waals surface area contributed by atoms with E-state index in [2.05, 4.69) is 0 Å². The third-order valence-corrected chi connectivity index (χ3v) is 3.89. The Bertz CT molecular complexity index is 281. The summed E-state index contributed by atoms with van der Waals surface area (Å²) < 4.78 is 31.4. The minimum atomic E-state index is -4.38. The normalized spacial score (nSPS) is 18.9. The summed E-state index contributed by atoms with van der Waals surface area (Å²) in [6.45, 7) is 3.18. The number of hydrogen-bond acceptors (Lipinski definition) is 2. The minimum Gasteiger partial charge on any atom is -0.273 e. The molecule has 92 valence electrons. The van der Waals surface area contributed by atoms with Gasteiger partial charge in [0, 0.05) is 5.38 Å². The van der Waals surface area contributed by atoms with Crippen LogP contribution in [0.1, 0.15) is 26.7 Å². The van der Waals surface area contributed by atoms with Crippen molar-refractivity contribution in [3.05, 3.63) is 0 Å². The third-order valence-electron chi connectivity index (χ3n) is 1.70. The lowest BCUT2D eigenvalue weighted by Gasteiger charge is -2.25. The van der Waals surface area contributed by atoms with Crippen LogP contribution in [0.15, 0.2) is 0 Å². The van der Waals surface area contributed by atoms with E-state index < -0.39 is 21.3 Å². The first kappa shape index (κ1) is 15.7. The average Bonchev–Trinajstić information content (AvgIpc) is 1.96. The first-order valence-electron chi connectivity index (χ1n) is 4.34. The van der Waals surface area contributed by atoms with E-state index in [1.807, 2.05) is 0 Å². The fraction of sp³-hybridized carbons (Fsp3) is 1.00. The Balaban J connectivity index is 4.52. The van der Waals surface area contributed by atoms with Gasteiger partial charge < -0.3 is 0 Å². The third kappa shape index (κ3) is 6.14. The predicted molar refractivity (Wildman–Crippen MR) is 62.9 cm³/mol. The van der Waals surface area contributed by atoms with Crippen LogP contribution in [-0.4, -0.2) is 33.7 Å². The van der Waals surface area contributed by atoms with Crippen molar-refractivity contribution < 1.29 is 13.0 Å². The highest BCUT2D eigenvalue weighted by Gasteiger charge is 2.30. The Kier molecular flexibility index (Phi) is 6.79. The molecule has 0 aliphatic carbocycles. The van der Waals surface area contributed by atoms with E-state index in [1.54, 1.807) is 6.92 Å². The molecular weight excluding hydrogens is 285 g/mol. The lowest BCUT2D eigenvalue weighted by atomic mass is 10.2. The molecule has 1 N–H and O–H groups in total. The van der Waals surface area contributed by atoms with Crippen molar-refractivity contribution in [2.75, 3.05) is 0 Å². The number of hydrogen-bond donors (Lipinski definition) is 1. The maximum Gasteiger partial charge on any atom is 0.338 e. The van der Waals surface area contributed by atoms with E-state index in [0.717, 1.165) is 0 Å². The molecule has 0 aromatic rings. The van der Waals surface area contributed by atoms with Crippen LogP contribution < -0.4 is 0 Å². The smallest absolute Gasteiger partial charge is 0.273 e. The highest BCUT2D eigenvalue weighted by Crippen LogP contribution is 2.22. The van der Waals surface area contributed by atoms with Crippen LogP contribution in [0.3, 0.4) is 0 Å². The van der Waals surface area contributed by atoms with Crippen molar-refractivity contribution in [1.29, 1.82) is 0 Å². The molecule has 8 heteroatoms. The lowest BCUT2D eigenvalue weighted by Crippen LogP contribution is -2.40. The second kappa shape index (κ2) is 6.47. The number of halogens is 3. The van der Waals surface area contributed by atoms with Crippen LogP contribution in [0.2, 0.25) is 0 Å². The highest BCUT2D eigenvalue weighted by molar-refractivity contribution is 7.83. The molecule has 3 atom stereocenters. The number of alkyl halides is 3. The summed E-state index contributed by atoms with van der Waals surface area (Å²) in [5.74, 6) is 0. The van der Waals surface area contributed by atoms with Gasteiger partial charge >= 0.3 is 10.3 Å². The maximum atomic E-state index is 10.9. The van der Waals surface area contributed by atoms with Crippen LogP contribution >= 0.6 is 34.8 Å². The van der Waals surface area contributed by atoms with E-state index in [0.29, 0.717) is 17.1 Å². The van der Waals surface area contributed by atoms with Crippen LogP contribution in [0.25, 0.3) is 0 Å². The summed E-state index contributed by atoms with van der Waals surface area (Å²) in [7, 11) is -4.38. The fourth-order valence-electron chi connectivity index (χ4n) is 1.05. The van der Waals surface area contributed by atoms with Gasteiger partial charge in [-0.1, -0.05) is 0 Å². The standard InChI is InChI=1S/C7H14Cl3NO3S/c1-5(8)3-4-7(10)11(6(2)9)15(12,13)14/h5-7H,3-4H2,1-2H3,(H,12,13,14). The number of rotatable bonds is 6. The van der Waals surface area contributed by atoms with Gasteiger partial charge in [-0.25, -0.2) is 0 Å². The molecule has 15 heavy (non-hydrogen) atoms. The zero-order valence-electron chi connectivity index (χ0n) is 8.40. The molecule has 0 aliphatic heterocycles. The van der Waals surface area contributed by atoms with E-state index in [4.69, 9.17) is 39.4 Å². The Morgan fingerprint density at radius 3 is 1.93 bits per heavy atom. The zero-order chi connectivity index (χ0) is 12.2. The molecule has 0 heterocycles. The topological polar surface area (TPSA) is 57.6 Å². The second-order valence-electron chi connectivity index (χ2n) is 3.17. The number of nitrogens with zero attached hydrogens (tertiary/aromatic N) is 1. The molecule has 0 aliphatic rings. The zero-order valence-corrected chi connectivity index (χ0v) is 11.5. The van der Waals surface area contributed by atoms with Gasteiger partial charge in [0.2, 0.25) is 0 Å². The van der Waals surface area contributed by atoms with Gasteiger partial charge in [-0.15, -0.1) is 39.1 Å². The summed E-state index contributed by atoms with van der Waals surface area (Å²) in [6.07, 6.45) is 0.856.